The van der Waals surface area contributed by atoms with Crippen molar-refractivity contribution in [3.63, 3.8) is 0 Å². The van der Waals surface area contributed by atoms with Gasteiger partial charge in [-0.05, 0) is 36.8 Å². The second-order valence-corrected chi connectivity index (χ2v) is 4.88. The van der Waals surface area contributed by atoms with Crippen LogP contribution in [0.2, 0.25) is 0 Å². The van der Waals surface area contributed by atoms with Crippen molar-refractivity contribution >= 4 is 11.8 Å². The van der Waals surface area contributed by atoms with Crippen LogP contribution in [0.15, 0.2) is 30.5 Å². The molecular formula is C16H15N3O4. The van der Waals surface area contributed by atoms with Crippen molar-refractivity contribution in [3.8, 4) is 11.8 Å². The number of hydrogen-bond acceptors (Lipinski definition) is 5. The number of anilines is 1. The molecule has 1 heterocycles. The lowest BCUT2D eigenvalue weighted by Gasteiger charge is -2.21. The normalized spacial score (nSPS) is 10.1. The Kier molecular flexibility index (Phi) is 4.79. The maximum Gasteiger partial charge on any atom is 0.412 e. The molecule has 0 radical (unpaired) electrons. The molecule has 2 rings (SSSR count). The lowest BCUT2D eigenvalue weighted by Crippen LogP contribution is -2.29. The number of hydrogen-bond donors (Lipinski definition) is 3. The zero-order valence-corrected chi connectivity index (χ0v) is 12.4. The van der Waals surface area contributed by atoms with E-state index in [2.05, 4.69) is 4.98 Å². The lowest BCUT2D eigenvalue weighted by molar-refractivity contribution is 0.201. The van der Waals surface area contributed by atoms with Gasteiger partial charge in [0.15, 0.2) is 0 Å². The Bertz CT molecular complexity index is 766. The van der Waals surface area contributed by atoms with Crippen LogP contribution >= 0.6 is 0 Å². The van der Waals surface area contributed by atoms with Crippen molar-refractivity contribution in [3.05, 3.63) is 52.8 Å². The molecule has 0 atom stereocenters. The van der Waals surface area contributed by atoms with Crippen LogP contribution in [0, 0.1) is 18.3 Å². The van der Waals surface area contributed by atoms with E-state index in [1.165, 1.54) is 30.5 Å². The fourth-order valence-corrected chi connectivity index (χ4v) is 2.15. The highest BCUT2D eigenvalue weighted by atomic mass is 16.4. The van der Waals surface area contributed by atoms with Crippen molar-refractivity contribution < 1.29 is 20.1 Å². The molecule has 1 aromatic heterocycles. The summed E-state index contributed by atoms with van der Waals surface area (Å²) >= 11 is 0. The lowest BCUT2D eigenvalue weighted by atomic mass is 10.1. The molecule has 2 aromatic rings. The number of aryl methyl sites for hydroxylation is 1. The molecule has 118 valence electrons. The molecule has 7 heteroatoms. The number of aliphatic hydroxyl groups excluding tert-OH is 1. The summed E-state index contributed by atoms with van der Waals surface area (Å²) in [6.45, 7) is 1.08. The van der Waals surface area contributed by atoms with Crippen LogP contribution in [-0.2, 0) is 13.2 Å². The smallest absolute Gasteiger partial charge is 0.412 e. The van der Waals surface area contributed by atoms with Crippen LogP contribution in [0.5, 0.6) is 5.75 Å². The molecule has 7 nitrogen and oxygen atoms in total. The minimum Gasteiger partial charge on any atom is -0.506 e. The van der Waals surface area contributed by atoms with E-state index >= 15 is 0 Å². The van der Waals surface area contributed by atoms with E-state index in [-0.39, 0.29) is 17.9 Å². The van der Waals surface area contributed by atoms with Gasteiger partial charge in [0.05, 0.1) is 30.5 Å². The molecule has 3 N–H and O–H groups in total. The van der Waals surface area contributed by atoms with Crippen LogP contribution in [0.3, 0.4) is 0 Å². The topological polar surface area (TPSA) is 118 Å². The first-order chi connectivity index (χ1) is 11.0. The summed E-state index contributed by atoms with van der Waals surface area (Å²) in [6, 6.07) is 8.04. The SMILES string of the molecule is Cc1ncc(CN(C(=O)O)c2ccc(C#N)cc2)c(CO)c1O. The van der Waals surface area contributed by atoms with Crippen molar-refractivity contribution in [1.29, 1.82) is 5.26 Å². The summed E-state index contributed by atoms with van der Waals surface area (Å²) in [5.74, 6) is -0.143. The van der Waals surface area contributed by atoms with Gasteiger partial charge >= 0.3 is 6.09 Å². The number of nitriles is 1. The summed E-state index contributed by atoms with van der Waals surface area (Å²) in [4.78, 5) is 16.6. The Morgan fingerprint density at radius 2 is 2.00 bits per heavy atom. The molecule has 0 bridgehead atoms. The maximum atomic E-state index is 11.5. The highest BCUT2D eigenvalue weighted by Crippen LogP contribution is 2.26. The van der Waals surface area contributed by atoms with Crippen LogP contribution in [-0.4, -0.2) is 26.4 Å². The fourth-order valence-electron chi connectivity index (χ4n) is 2.15. The van der Waals surface area contributed by atoms with Gasteiger partial charge in [-0.15, -0.1) is 0 Å². The largest absolute Gasteiger partial charge is 0.506 e. The monoisotopic (exact) mass is 313 g/mol. The molecule has 23 heavy (non-hydrogen) atoms. The zero-order valence-electron chi connectivity index (χ0n) is 12.4. The number of aliphatic hydroxyl groups is 1. The summed E-state index contributed by atoms with van der Waals surface area (Å²) in [6.07, 6.45) is 0.235. The molecule has 0 aliphatic carbocycles. The number of rotatable bonds is 4. The number of carboxylic acid groups (broad SMARTS) is 1. The van der Waals surface area contributed by atoms with Gasteiger partial charge in [0.1, 0.15) is 5.75 Å². The number of benzene rings is 1. The first-order valence-corrected chi connectivity index (χ1v) is 6.75. The van der Waals surface area contributed by atoms with Crippen molar-refractivity contribution in [2.24, 2.45) is 0 Å². The zero-order chi connectivity index (χ0) is 17.0. The molecule has 0 fully saturated rings. The number of amides is 1. The number of aromatic nitrogens is 1. The number of aromatic hydroxyl groups is 1. The van der Waals surface area contributed by atoms with E-state index in [0.717, 1.165) is 4.90 Å². The van der Waals surface area contributed by atoms with Gasteiger partial charge in [-0.3, -0.25) is 9.88 Å². The maximum absolute atomic E-state index is 11.5. The molecular weight excluding hydrogens is 298 g/mol. The Balaban J connectivity index is 2.39. The van der Waals surface area contributed by atoms with E-state index in [0.29, 0.717) is 22.5 Å². The Morgan fingerprint density at radius 1 is 1.35 bits per heavy atom. The minimum atomic E-state index is -1.20. The number of nitrogens with zero attached hydrogens (tertiary/aromatic N) is 3. The molecule has 1 amide bonds. The predicted molar refractivity (Wildman–Crippen MR) is 81.9 cm³/mol. The predicted octanol–water partition coefficient (Wildman–Crippen LogP) is 2.14. The summed E-state index contributed by atoms with van der Waals surface area (Å²) < 4.78 is 0. The second kappa shape index (κ2) is 6.77. The molecule has 1 aromatic carbocycles. The summed E-state index contributed by atoms with van der Waals surface area (Å²) in [7, 11) is 0. The number of pyridine rings is 1. The van der Waals surface area contributed by atoms with Gasteiger partial charge in [-0.2, -0.15) is 5.26 Å². The first-order valence-electron chi connectivity index (χ1n) is 6.75. The van der Waals surface area contributed by atoms with Crippen molar-refractivity contribution in [2.75, 3.05) is 4.90 Å². The van der Waals surface area contributed by atoms with E-state index in [9.17, 15) is 20.1 Å². The average molecular weight is 313 g/mol. The standard InChI is InChI=1S/C16H15N3O4/c1-10-15(21)14(9-20)12(7-18-10)8-19(16(22)23)13-4-2-11(6-17)3-5-13/h2-5,7,20-21H,8-9H2,1H3,(H,22,23). The van der Waals surface area contributed by atoms with Crippen LogP contribution in [0.1, 0.15) is 22.4 Å². The van der Waals surface area contributed by atoms with Gasteiger partial charge in [-0.1, -0.05) is 0 Å². The average Bonchev–Trinajstić information content (AvgIpc) is 2.55. The number of carbonyl (C=O) groups is 1. The van der Waals surface area contributed by atoms with Gasteiger partial charge in [0.2, 0.25) is 0 Å². The molecule has 0 aliphatic heterocycles. The third kappa shape index (κ3) is 3.39. The molecule has 0 saturated heterocycles. The van der Waals surface area contributed by atoms with Crippen LogP contribution in [0.4, 0.5) is 10.5 Å². The molecule has 0 spiro atoms. The van der Waals surface area contributed by atoms with Gasteiger partial charge < -0.3 is 15.3 Å². The van der Waals surface area contributed by atoms with Crippen molar-refractivity contribution in [2.45, 2.75) is 20.1 Å². The van der Waals surface area contributed by atoms with Crippen LogP contribution in [0.25, 0.3) is 0 Å². The fraction of sp³-hybridized carbons (Fsp3) is 0.188. The molecule has 0 saturated carbocycles. The van der Waals surface area contributed by atoms with Crippen molar-refractivity contribution in [1.82, 2.24) is 4.98 Å². The van der Waals surface area contributed by atoms with Gasteiger partial charge in [0, 0.05) is 17.4 Å². The van der Waals surface area contributed by atoms with E-state index in [1.54, 1.807) is 6.92 Å². The third-order valence-corrected chi connectivity index (χ3v) is 3.46. The minimum absolute atomic E-state index is 0.0854. The van der Waals surface area contributed by atoms with Gasteiger partial charge in [-0.25, -0.2) is 4.79 Å². The van der Waals surface area contributed by atoms with E-state index < -0.39 is 12.7 Å². The highest BCUT2D eigenvalue weighted by Gasteiger charge is 2.19. The highest BCUT2D eigenvalue weighted by molar-refractivity contribution is 5.86. The quantitative estimate of drug-likeness (QED) is 0.796. The molecule has 0 unspecified atom stereocenters. The summed E-state index contributed by atoms with van der Waals surface area (Å²) in [5, 5.41) is 37.6. The summed E-state index contributed by atoms with van der Waals surface area (Å²) in [5.41, 5.74) is 1.81. The Hall–Kier alpha value is -3.11. The van der Waals surface area contributed by atoms with Crippen LogP contribution < -0.4 is 4.90 Å². The van der Waals surface area contributed by atoms with E-state index in [4.69, 9.17) is 5.26 Å². The van der Waals surface area contributed by atoms with E-state index in [1.807, 2.05) is 6.07 Å². The second-order valence-electron chi connectivity index (χ2n) is 4.88. The molecule has 0 aliphatic rings. The first kappa shape index (κ1) is 16.3. The third-order valence-electron chi connectivity index (χ3n) is 3.46. The Morgan fingerprint density at radius 3 is 2.52 bits per heavy atom. The van der Waals surface area contributed by atoms with Gasteiger partial charge in [0.25, 0.3) is 0 Å². The Labute approximate surface area is 132 Å².